The van der Waals surface area contributed by atoms with Crippen molar-refractivity contribution < 1.29 is 19.5 Å². The molecule has 2 saturated heterocycles. The molecule has 7 nitrogen and oxygen atoms in total. The van der Waals surface area contributed by atoms with Gasteiger partial charge in [0.2, 0.25) is 0 Å². The third kappa shape index (κ3) is 4.62. The summed E-state index contributed by atoms with van der Waals surface area (Å²) in [5, 5.41) is 12.0. The number of thioether (sulfide) groups is 1. The molecule has 150 valence electrons. The number of hydrogen-bond acceptors (Lipinski definition) is 5. The van der Waals surface area contributed by atoms with Crippen molar-refractivity contribution in [1.82, 2.24) is 10.2 Å². The fraction of sp³-hybridized carbons (Fsp3) is 0.421. The molecular formula is C19H22ClN3O4S. The van der Waals surface area contributed by atoms with Crippen LogP contribution in [0.3, 0.4) is 0 Å². The Hall–Kier alpha value is -2.19. The SMILES string of the molecule is CCCCN(C(=O)O)C1CCN(c2cc(Cl)ccc2/C=C2/SC(=O)NC2=O)C1. The molecule has 9 heteroatoms. The fourth-order valence-electron chi connectivity index (χ4n) is 3.45. The lowest BCUT2D eigenvalue weighted by Crippen LogP contribution is -2.41. The van der Waals surface area contributed by atoms with Gasteiger partial charge in [-0.3, -0.25) is 14.9 Å². The van der Waals surface area contributed by atoms with Crippen LogP contribution in [-0.4, -0.2) is 52.9 Å². The van der Waals surface area contributed by atoms with Crippen LogP contribution in [0.2, 0.25) is 5.02 Å². The van der Waals surface area contributed by atoms with Gasteiger partial charge < -0.3 is 14.9 Å². The largest absolute Gasteiger partial charge is 0.465 e. The minimum Gasteiger partial charge on any atom is -0.465 e. The van der Waals surface area contributed by atoms with Crippen LogP contribution in [0.1, 0.15) is 31.7 Å². The number of nitrogens with one attached hydrogen (secondary N) is 1. The maximum absolute atomic E-state index is 11.9. The van der Waals surface area contributed by atoms with E-state index in [1.54, 1.807) is 18.2 Å². The lowest BCUT2D eigenvalue weighted by molar-refractivity contribution is -0.115. The Balaban J connectivity index is 1.83. The minimum absolute atomic E-state index is 0.0886. The van der Waals surface area contributed by atoms with Gasteiger partial charge in [-0.2, -0.15) is 0 Å². The average Bonchev–Trinajstić information content (AvgIpc) is 3.23. The highest BCUT2D eigenvalue weighted by molar-refractivity contribution is 8.18. The van der Waals surface area contributed by atoms with E-state index in [2.05, 4.69) is 10.2 Å². The van der Waals surface area contributed by atoms with Crippen LogP contribution in [0.15, 0.2) is 23.1 Å². The summed E-state index contributed by atoms with van der Waals surface area (Å²) in [6, 6.07) is 5.26. The molecule has 2 heterocycles. The zero-order valence-electron chi connectivity index (χ0n) is 15.5. The fourth-order valence-corrected chi connectivity index (χ4v) is 4.29. The van der Waals surface area contributed by atoms with E-state index in [-0.39, 0.29) is 11.3 Å². The summed E-state index contributed by atoms with van der Waals surface area (Å²) in [5.41, 5.74) is 1.60. The molecule has 0 radical (unpaired) electrons. The molecule has 0 saturated carbocycles. The van der Waals surface area contributed by atoms with Gasteiger partial charge in [0.05, 0.1) is 10.9 Å². The molecule has 3 amide bonds. The van der Waals surface area contributed by atoms with Crippen LogP contribution in [-0.2, 0) is 4.79 Å². The Bertz CT molecular complexity index is 829. The number of carbonyl (C=O) groups excluding carboxylic acids is 2. The molecule has 28 heavy (non-hydrogen) atoms. The van der Waals surface area contributed by atoms with Gasteiger partial charge in [0.25, 0.3) is 11.1 Å². The lowest BCUT2D eigenvalue weighted by atomic mass is 10.1. The predicted molar refractivity (Wildman–Crippen MR) is 111 cm³/mol. The number of benzene rings is 1. The molecule has 1 aromatic carbocycles. The summed E-state index contributed by atoms with van der Waals surface area (Å²) < 4.78 is 0. The molecule has 1 unspecified atom stereocenters. The van der Waals surface area contributed by atoms with E-state index in [4.69, 9.17) is 11.6 Å². The molecule has 2 N–H and O–H groups in total. The van der Waals surface area contributed by atoms with E-state index in [1.807, 2.05) is 13.0 Å². The standard InChI is InChI=1S/C19H22ClN3O4S/c1-2-3-7-23(19(26)27)14-6-8-22(11-14)15-10-13(20)5-4-12(15)9-16-17(24)21-18(25)28-16/h4-5,9-10,14H,2-3,6-8,11H2,1H3,(H,26,27)(H,21,24,25)/b16-9+. The van der Waals surface area contributed by atoms with E-state index in [1.165, 1.54) is 4.90 Å². The van der Waals surface area contributed by atoms with E-state index < -0.39 is 12.0 Å². The number of rotatable bonds is 6. The van der Waals surface area contributed by atoms with E-state index >= 15 is 0 Å². The number of amides is 3. The van der Waals surface area contributed by atoms with Crippen LogP contribution < -0.4 is 10.2 Å². The van der Waals surface area contributed by atoms with Gasteiger partial charge in [0.15, 0.2) is 0 Å². The van der Waals surface area contributed by atoms with Gasteiger partial charge >= 0.3 is 6.09 Å². The number of halogens is 1. The molecule has 0 aliphatic carbocycles. The second-order valence-electron chi connectivity index (χ2n) is 6.77. The minimum atomic E-state index is -0.897. The maximum atomic E-state index is 11.9. The topological polar surface area (TPSA) is 90.0 Å². The van der Waals surface area contributed by atoms with Gasteiger partial charge in [-0.05, 0) is 48.4 Å². The zero-order chi connectivity index (χ0) is 20.3. The zero-order valence-corrected chi connectivity index (χ0v) is 17.1. The van der Waals surface area contributed by atoms with Crippen molar-refractivity contribution in [2.24, 2.45) is 0 Å². The van der Waals surface area contributed by atoms with E-state index in [0.717, 1.165) is 42.3 Å². The van der Waals surface area contributed by atoms with E-state index in [0.29, 0.717) is 29.6 Å². The first-order valence-corrected chi connectivity index (χ1v) is 10.4. The number of hydrogen-bond donors (Lipinski definition) is 2. The molecule has 0 bridgehead atoms. The lowest BCUT2D eigenvalue weighted by Gasteiger charge is -2.27. The first-order chi connectivity index (χ1) is 13.4. The van der Waals surface area contributed by atoms with Crippen LogP contribution in [0.25, 0.3) is 6.08 Å². The number of unbranched alkanes of at least 4 members (excludes halogenated alkanes) is 1. The van der Waals surface area contributed by atoms with E-state index in [9.17, 15) is 19.5 Å². The first-order valence-electron chi connectivity index (χ1n) is 9.18. The Morgan fingerprint density at radius 3 is 2.89 bits per heavy atom. The molecule has 0 spiro atoms. The van der Waals surface area contributed by atoms with Crippen molar-refractivity contribution in [2.75, 3.05) is 24.5 Å². The molecule has 2 fully saturated rings. The predicted octanol–water partition coefficient (Wildman–Crippen LogP) is 4.02. The number of nitrogens with zero attached hydrogens (tertiary/aromatic N) is 2. The van der Waals surface area contributed by atoms with Crippen molar-refractivity contribution in [2.45, 2.75) is 32.2 Å². The second-order valence-corrected chi connectivity index (χ2v) is 8.22. The summed E-state index contributed by atoms with van der Waals surface area (Å²) in [6.07, 6.45) is 3.27. The summed E-state index contributed by atoms with van der Waals surface area (Å²) in [4.78, 5) is 38.9. The molecule has 1 atom stereocenters. The second kappa shape index (κ2) is 8.87. The molecule has 2 aliphatic rings. The van der Waals surface area contributed by atoms with Gasteiger partial charge in [-0.15, -0.1) is 0 Å². The van der Waals surface area contributed by atoms with Crippen molar-refractivity contribution in [3.63, 3.8) is 0 Å². The van der Waals surface area contributed by atoms with Crippen LogP contribution in [0, 0.1) is 0 Å². The first kappa shape index (κ1) is 20.5. The highest BCUT2D eigenvalue weighted by Gasteiger charge is 2.32. The summed E-state index contributed by atoms with van der Waals surface area (Å²) in [7, 11) is 0. The smallest absolute Gasteiger partial charge is 0.407 e. The quantitative estimate of drug-likeness (QED) is 0.671. The summed E-state index contributed by atoms with van der Waals surface area (Å²) in [5.74, 6) is -0.410. The highest BCUT2D eigenvalue weighted by Crippen LogP contribution is 2.33. The maximum Gasteiger partial charge on any atom is 0.407 e. The van der Waals surface area contributed by atoms with Crippen LogP contribution in [0.5, 0.6) is 0 Å². The van der Waals surface area contributed by atoms with Crippen molar-refractivity contribution in [3.05, 3.63) is 33.7 Å². The number of imide groups is 1. The van der Waals surface area contributed by atoms with Gasteiger partial charge in [-0.25, -0.2) is 4.79 Å². The number of carbonyl (C=O) groups is 3. The summed E-state index contributed by atoms with van der Waals surface area (Å²) >= 11 is 7.06. The molecule has 1 aromatic rings. The van der Waals surface area contributed by atoms with Gasteiger partial charge in [0.1, 0.15) is 0 Å². The van der Waals surface area contributed by atoms with Crippen LogP contribution >= 0.6 is 23.4 Å². The Morgan fingerprint density at radius 2 is 2.25 bits per heavy atom. The number of carboxylic acid groups (broad SMARTS) is 1. The normalized spacial score (nSPS) is 20.7. The average molecular weight is 424 g/mol. The van der Waals surface area contributed by atoms with Crippen LogP contribution in [0.4, 0.5) is 15.3 Å². The highest BCUT2D eigenvalue weighted by atomic mass is 35.5. The molecule has 2 aliphatic heterocycles. The monoisotopic (exact) mass is 423 g/mol. The Morgan fingerprint density at radius 1 is 1.46 bits per heavy atom. The third-order valence-electron chi connectivity index (χ3n) is 4.86. The number of anilines is 1. The van der Waals surface area contributed by atoms with Crippen molar-refractivity contribution in [3.8, 4) is 0 Å². The Kier molecular flexibility index (Phi) is 6.51. The third-order valence-corrected chi connectivity index (χ3v) is 5.91. The van der Waals surface area contributed by atoms with Crippen molar-refractivity contribution >= 4 is 52.4 Å². The van der Waals surface area contributed by atoms with Gasteiger partial charge in [-0.1, -0.05) is 31.0 Å². The molecular weight excluding hydrogens is 402 g/mol. The van der Waals surface area contributed by atoms with Crippen molar-refractivity contribution in [1.29, 1.82) is 0 Å². The Labute approximate surface area is 172 Å². The summed E-state index contributed by atoms with van der Waals surface area (Å²) in [6.45, 7) is 3.81. The van der Waals surface area contributed by atoms with Gasteiger partial charge in [0, 0.05) is 30.3 Å². The molecule has 3 rings (SSSR count). The molecule has 0 aromatic heterocycles.